The number of rotatable bonds is 3. The summed E-state index contributed by atoms with van der Waals surface area (Å²) in [5.74, 6) is 0. The van der Waals surface area contributed by atoms with Gasteiger partial charge < -0.3 is 5.32 Å². The van der Waals surface area contributed by atoms with E-state index in [0.717, 1.165) is 6.41 Å². The Morgan fingerprint density at radius 3 is 2.67 bits per heavy atom. The number of carbonyl (C=O) groups excluding carboxylic acids is 1. The van der Waals surface area contributed by atoms with Crippen molar-refractivity contribution in [3.63, 3.8) is 0 Å². The maximum absolute atomic E-state index is 10.2. The van der Waals surface area contributed by atoms with Crippen LogP contribution < -0.4 is 5.32 Å². The SMILES string of the molecule is Cc1ccccc1C(C)NC=O. The maximum atomic E-state index is 10.2. The molecule has 1 N–H and O–H groups in total. The first-order chi connectivity index (χ1) is 5.75. The van der Waals surface area contributed by atoms with Crippen LogP contribution in [0.4, 0.5) is 0 Å². The van der Waals surface area contributed by atoms with Crippen molar-refractivity contribution in [1.29, 1.82) is 0 Å². The molecule has 0 aliphatic heterocycles. The molecule has 0 fully saturated rings. The van der Waals surface area contributed by atoms with Crippen molar-refractivity contribution >= 4 is 6.41 Å². The molecule has 0 aliphatic rings. The lowest BCUT2D eigenvalue weighted by molar-refractivity contribution is -0.110. The molecule has 1 aromatic carbocycles. The van der Waals surface area contributed by atoms with Crippen LogP contribution in [0, 0.1) is 6.92 Å². The van der Waals surface area contributed by atoms with Gasteiger partial charge in [0.1, 0.15) is 0 Å². The normalized spacial score (nSPS) is 12.2. The van der Waals surface area contributed by atoms with E-state index in [9.17, 15) is 4.79 Å². The van der Waals surface area contributed by atoms with Gasteiger partial charge in [-0.25, -0.2) is 0 Å². The van der Waals surface area contributed by atoms with E-state index in [0.29, 0.717) is 0 Å². The molecule has 0 saturated carbocycles. The Hall–Kier alpha value is -1.31. The van der Waals surface area contributed by atoms with Crippen molar-refractivity contribution in [3.8, 4) is 0 Å². The van der Waals surface area contributed by atoms with Gasteiger partial charge in [0.05, 0.1) is 6.04 Å². The summed E-state index contributed by atoms with van der Waals surface area (Å²) in [5, 5.41) is 2.72. The number of amides is 1. The Bertz CT molecular complexity index is 270. The third-order valence-electron chi connectivity index (χ3n) is 1.97. The van der Waals surface area contributed by atoms with E-state index in [2.05, 4.69) is 5.32 Å². The molecule has 1 rings (SSSR count). The Balaban J connectivity index is 2.86. The molecule has 0 bridgehead atoms. The molecule has 0 aliphatic carbocycles. The van der Waals surface area contributed by atoms with Crippen LogP contribution in [-0.2, 0) is 4.79 Å². The van der Waals surface area contributed by atoms with Crippen molar-refractivity contribution in [2.75, 3.05) is 0 Å². The van der Waals surface area contributed by atoms with E-state index in [-0.39, 0.29) is 6.04 Å². The number of hydrogen-bond acceptors (Lipinski definition) is 1. The zero-order chi connectivity index (χ0) is 8.97. The number of aryl methyl sites for hydroxylation is 1. The fourth-order valence-electron chi connectivity index (χ4n) is 1.26. The third-order valence-corrected chi connectivity index (χ3v) is 1.97. The molecule has 1 unspecified atom stereocenters. The van der Waals surface area contributed by atoms with E-state index in [1.54, 1.807) is 0 Å². The van der Waals surface area contributed by atoms with E-state index in [4.69, 9.17) is 0 Å². The average molecular weight is 163 g/mol. The van der Waals surface area contributed by atoms with E-state index >= 15 is 0 Å². The lowest BCUT2D eigenvalue weighted by Crippen LogP contribution is -2.16. The van der Waals surface area contributed by atoms with Crippen LogP contribution in [-0.4, -0.2) is 6.41 Å². The predicted octanol–water partition coefficient (Wildman–Crippen LogP) is 1.80. The second-order valence-corrected chi connectivity index (χ2v) is 2.86. The Morgan fingerprint density at radius 2 is 2.08 bits per heavy atom. The topological polar surface area (TPSA) is 29.1 Å². The monoisotopic (exact) mass is 163 g/mol. The molecule has 1 aromatic rings. The summed E-state index contributed by atoms with van der Waals surface area (Å²) in [6.45, 7) is 4.01. The van der Waals surface area contributed by atoms with Gasteiger partial charge in [0.25, 0.3) is 0 Å². The summed E-state index contributed by atoms with van der Waals surface area (Å²) in [4.78, 5) is 10.2. The highest BCUT2D eigenvalue weighted by Crippen LogP contribution is 2.15. The van der Waals surface area contributed by atoms with Crippen LogP contribution in [0.3, 0.4) is 0 Å². The van der Waals surface area contributed by atoms with E-state index < -0.39 is 0 Å². The fourth-order valence-corrected chi connectivity index (χ4v) is 1.26. The van der Waals surface area contributed by atoms with Crippen LogP contribution in [0.5, 0.6) is 0 Å². The number of hydrogen-bond donors (Lipinski definition) is 1. The zero-order valence-electron chi connectivity index (χ0n) is 7.37. The second kappa shape index (κ2) is 3.90. The average Bonchev–Trinajstić information content (AvgIpc) is 2.05. The Labute approximate surface area is 72.6 Å². The quantitative estimate of drug-likeness (QED) is 0.676. The van der Waals surface area contributed by atoms with Gasteiger partial charge in [0, 0.05) is 0 Å². The third kappa shape index (κ3) is 1.84. The zero-order valence-corrected chi connectivity index (χ0v) is 7.37. The van der Waals surface area contributed by atoms with Gasteiger partial charge in [0.2, 0.25) is 6.41 Å². The van der Waals surface area contributed by atoms with Crippen LogP contribution in [0.1, 0.15) is 24.1 Å². The standard InChI is InChI=1S/C10H13NO/c1-8-5-3-4-6-10(8)9(2)11-7-12/h3-7,9H,1-2H3,(H,11,12). The number of carbonyl (C=O) groups is 1. The molecule has 2 nitrogen and oxygen atoms in total. The molecule has 1 atom stereocenters. The first kappa shape index (κ1) is 8.78. The molecule has 2 heteroatoms. The minimum absolute atomic E-state index is 0.101. The van der Waals surface area contributed by atoms with Crippen molar-refractivity contribution in [2.45, 2.75) is 19.9 Å². The highest BCUT2D eigenvalue weighted by molar-refractivity contribution is 5.48. The largest absolute Gasteiger partial charge is 0.352 e. The molecule has 0 radical (unpaired) electrons. The van der Waals surface area contributed by atoms with E-state index in [1.807, 2.05) is 38.1 Å². The van der Waals surface area contributed by atoms with Gasteiger partial charge in [-0.2, -0.15) is 0 Å². The predicted molar refractivity (Wildman–Crippen MR) is 48.8 cm³/mol. The van der Waals surface area contributed by atoms with Crippen molar-refractivity contribution in [2.24, 2.45) is 0 Å². The van der Waals surface area contributed by atoms with Crippen LogP contribution >= 0.6 is 0 Å². The van der Waals surface area contributed by atoms with Gasteiger partial charge in [-0.15, -0.1) is 0 Å². The molecular weight excluding hydrogens is 150 g/mol. The van der Waals surface area contributed by atoms with Crippen LogP contribution in [0.25, 0.3) is 0 Å². The molecule has 12 heavy (non-hydrogen) atoms. The molecule has 0 saturated heterocycles. The molecule has 64 valence electrons. The maximum Gasteiger partial charge on any atom is 0.207 e. The van der Waals surface area contributed by atoms with Crippen LogP contribution in [0.15, 0.2) is 24.3 Å². The van der Waals surface area contributed by atoms with E-state index in [1.165, 1.54) is 11.1 Å². The van der Waals surface area contributed by atoms with Crippen molar-refractivity contribution in [1.82, 2.24) is 5.32 Å². The number of benzene rings is 1. The highest BCUT2D eigenvalue weighted by Gasteiger charge is 2.04. The summed E-state index contributed by atoms with van der Waals surface area (Å²) < 4.78 is 0. The summed E-state index contributed by atoms with van der Waals surface area (Å²) >= 11 is 0. The molecule has 1 amide bonds. The Morgan fingerprint density at radius 1 is 1.42 bits per heavy atom. The molecule has 0 spiro atoms. The summed E-state index contributed by atoms with van der Waals surface area (Å²) in [6, 6.07) is 8.13. The van der Waals surface area contributed by atoms with Gasteiger partial charge in [0.15, 0.2) is 0 Å². The Kier molecular flexibility index (Phi) is 2.86. The lowest BCUT2D eigenvalue weighted by Gasteiger charge is -2.12. The first-order valence-electron chi connectivity index (χ1n) is 4.01. The van der Waals surface area contributed by atoms with Crippen LogP contribution in [0.2, 0.25) is 0 Å². The minimum Gasteiger partial charge on any atom is -0.352 e. The van der Waals surface area contributed by atoms with Crippen molar-refractivity contribution < 1.29 is 4.79 Å². The summed E-state index contributed by atoms with van der Waals surface area (Å²) in [7, 11) is 0. The smallest absolute Gasteiger partial charge is 0.207 e. The van der Waals surface area contributed by atoms with Gasteiger partial charge in [-0.3, -0.25) is 4.79 Å². The molecule has 0 aromatic heterocycles. The highest BCUT2D eigenvalue weighted by atomic mass is 16.1. The molecular formula is C10H13NO. The summed E-state index contributed by atoms with van der Waals surface area (Å²) in [5.41, 5.74) is 2.38. The fraction of sp³-hybridized carbons (Fsp3) is 0.300. The summed E-state index contributed by atoms with van der Waals surface area (Å²) in [6.07, 6.45) is 0.733. The minimum atomic E-state index is 0.101. The van der Waals surface area contributed by atoms with Gasteiger partial charge >= 0.3 is 0 Å². The first-order valence-corrected chi connectivity index (χ1v) is 4.01. The van der Waals surface area contributed by atoms with Crippen molar-refractivity contribution in [3.05, 3.63) is 35.4 Å². The second-order valence-electron chi connectivity index (χ2n) is 2.86. The lowest BCUT2D eigenvalue weighted by atomic mass is 10.0. The van der Waals surface area contributed by atoms with Gasteiger partial charge in [-0.1, -0.05) is 24.3 Å². The number of nitrogens with one attached hydrogen (secondary N) is 1. The van der Waals surface area contributed by atoms with Gasteiger partial charge in [-0.05, 0) is 25.0 Å². The molecule has 0 heterocycles.